The van der Waals surface area contributed by atoms with Gasteiger partial charge in [0.15, 0.2) is 24.7 Å². The van der Waals surface area contributed by atoms with Crippen molar-refractivity contribution in [1.82, 2.24) is 0 Å². The summed E-state index contributed by atoms with van der Waals surface area (Å²) in [6.45, 7) is 7.80. The highest BCUT2D eigenvalue weighted by Gasteiger charge is 2.73. The summed E-state index contributed by atoms with van der Waals surface area (Å²) in [5.41, 5.74) is 0.0433. The first-order valence-electron chi connectivity index (χ1n) is 26.0. The summed E-state index contributed by atoms with van der Waals surface area (Å²) in [6, 6.07) is 0. The fourth-order valence-electron chi connectivity index (χ4n) is 15.2. The van der Waals surface area contributed by atoms with Gasteiger partial charge in [-0.15, -0.1) is 0 Å². The third kappa shape index (κ3) is 8.51. The van der Waals surface area contributed by atoms with Crippen LogP contribution in [0.15, 0.2) is 11.6 Å². The maximum absolute atomic E-state index is 12.3. The maximum Gasteiger partial charge on any atom is 0.221 e. The molecule has 0 bridgehead atoms. The van der Waals surface area contributed by atoms with E-state index >= 15 is 0 Å². The first-order chi connectivity index (χ1) is 34.0. The average molecular weight is 1040 g/mol. The van der Waals surface area contributed by atoms with E-state index in [2.05, 4.69) is 19.9 Å². The van der Waals surface area contributed by atoms with E-state index in [1.54, 1.807) is 6.92 Å². The van der Waals surface area contributed by atoms with Gasteiger partial charge in [-0.3, -0.25) is 0 Å². The Labute approximate surface area is 417 Å². The Balaban J connectivity index is 0.900. The predicted molar refractivity (Wildman–Crippen MR) is 239 cm³/mol. The first kappa shape index (κ1) is 54.2. The largest absolute Gasteiger partial charge is 0.393 e. The normalized spacial score (nSPS) is 58.8. The van der Waals surface area contributed by atoms with Gasteiger partial charge in [-0.2, -0.15) is 0 Å². The zero-order valence-electron chi connectivity index (χ0n) is 41.3. The molecule has 0 amide bonds. The number of hydrogen-bond acceptors (Lipinski definition) is 23. The molecule has 0 unspecified atom stereocenters. The van der Waals surface area contributed by atoms with E-state index in [1.807, 2.05) is 6.92 Å². The molecule has 0 radical (unpaired) electrons. The predicted octanol–water partition coefficient (Wildman–Crippen LogP) is -3.77. The Morgan fingerprint density at radius 2 is 1.33 bits per heavy atom. The second kappa shape index (κ2) is 19.9. The summed E-state index contributed by atoms with van der Waals surface area (Å²) in [7, 11) is 0. The molecule has 31 atom stereocenters. The minimum atomic E-state index is -2.12. The Bertz CT molecular complexity index is 1950. The van der Waals surface area contributed by atoms with Gasteiger partial charge in [-0.1, -0.05) is 39.3 Å². The molecule has 23 nitrogen and oxygen atoms in total. The molecular formula is C49H78O23. The van der Waals surface area contributed by atoms with E-state index in [9.17, 15) is 66.4 Å². The van der Waals surface area contributed by atoms with E-state index in [4.69, 9.17) is 47.4 Å². The van der Waals surface area contributed by atoms with Gasteiger partial charge < -0.3 is 114 Å². The molecule has 0 aromatic rings. The number of fused-ring (bicyclic) bond motifs is 7. The number of aliphatic hydroxyl groups excluding tert-OH is 13. The number of allylic oxidation sites excluding steroid dienone is 1. The van der Waals surface area contributed by atoms with Crippen molar-refractivity contribution in [3.63, 3.8) is 0 Å². The molecule has 6 heterocycles. The highest BCUT2D eigenvalue weighted by atomic mass is 16.8. The van der Waals surface area contributed by atoms with Crippen molar-refractivity contribution in [2.45, 2.75) is 213 Å². The van der Waals surface area contributed by atoms with Crippen LogP contribution in [0.25, 0.3) is 0 Å². The second-order valence-electron chi connectivity index (χ2n) is 23.3. The topological polar surface area (TPSA) is 355 Å². The Kier molecular flexibility index (Phi) is 15.0. The smallest absolute Gasteiger partial charge is 0.221 e. The van der Waals surface area contributed by atoms with Gasteiger partial charge in [0.2, 0.25) is 5.79 Å². The molecule has 412 valence electrons. The molecule has 23 heteroatoms. The molecule has 1 spiro atoms. The van der Waals surface area contributed by atoms with Gasteiger partial charge >= 0.3 is 0 Å². The maximum atomic E-state index is 12.3. The molecule has 6 aliphatic heterocycles. The van der Waals surface area contributed by atoms with Gasteiger partial charge in [0.05, 0.1) is 56.9 Å². The van der Waals surface area contributed by atoms with E-state index in [0.29, 0.717) is 12.8 Å². The van der Waals surface area contributed by atoms with E-state index in [0.717, 1.165) is 24.8 Å². The van der Waals surface area contributed by atoms with Crippen LogP contribution in [0.1, 0.15) is 73.1 Å². The van der Waals surface area contributed by atoms with Crippen molar-refractivity contribution >= 4 is 0 Å². The van der Waals surface area contributed by atoms with Gasteiger partial charge in [0, 0.05) is 23.7 Å². The molecule has 4 aliphatic carbocycles. The molecule has 0 aromatic carbocycles. The Hall–Kier alpha value is -1.18. The van der Waals surface area contributed by atoms with Crippen LogP contribution in [0.2, 0.25) is 0 Å². The van der Waals surface area contributed by atoms with Gasteiger partial charge in [-0.05, 0) is 68.1 Å². The molecule has 72 heavy (non-hydrogen) atoms. The third-order valence-electron chi connectivity index (χ3n) is 19.4. The number of rotatable bonds is 9. The molecule has 13 N–H and O–H groups in total. The zero-order chi connectivity index (χ0) is 51.7. The minimum Gasteiger partial charge on any atom is -0.393 e. The van der Waals surface area contributed by atoms with Crippen LogP contribution < -0.4 is 0 Å². The van der Waals surface area contributed by atoms with Crippen LogP contribution in [0.5, 0.6) is 0 Å². The fraction of sp³-hybridized carbons (Fsp3) is 0.959. The first-order valence-corrected chi connectivity index (χ1v) is 26.0. The lowest BCUT2D eigenvalue weighted by atomic mass is 9.46. The zero-order valence-corrected chi connectivity index (χ0v) is 41.3. The lowest BCUT2D eigenvalue weighted by Gasteiger charge is -2.61. The highest BCUT2D eigenvalue weighted by molar-refractivity contribution is 5.29. The Morgan fingerprint density at radius 1 is 0.653 bits per heavy atom. The number of aliphatic hydroxyl groups is 13. The van der Waals surface area contributed by atoms with Crippen LogP contribution >= 0.6 is 0 Å². The summed E-state index contributed by atoms with van der Waals surface area (Å²) < 4.78 is 62.5. The Morgan fingerprint density at radius 3 is 2.07 bits per heavy atom. The van der Waals surface area contributed by atoms with Crippen LogP contribution in [-0.2, 0) is 47.4 Å². The second-order valence-corrected chi connectivity index (χ2v) is 23.3. The molecule has 9 fully saturated rings. The molecular weight excluding hydrogens is 957 g/mol. The van der Waals surface area contributed by atoms with E-state index in [-0.39, 0.29) is 60.7 Å². The van der Waals surface area contributed by atoms with Crippen molar-refractivity contribution < 1.29 is 114 Å². The van der Waals surface area contributed by atoms with Crippen molar-refractivity contribution in [2.75, 3.05) is 33.0 Å². The number of hydrogen-bond donors (Lipinski definition) is 13. The summed E-state index contributed by atoms with van der Waals surface area (Å²) >= 11 is 0. The quantitative estimate of drug-likeness (QED) is 0.0986. The van der Waals surface area contributed by atoms with Gasteiger partial charge in [0.1, 0.15) is 86.0 Å². The molecule has 0 aromatic heterocycles. The average Bonchev–Trinajstić information content (AvgIpc) is 3.81. The molecule has 6 saturated heterocycles. The van der Waals surface area contributed by atoms with E-state index in [1.165, 1.54) is 6.92 Å². The van der Waals surface area contributed by atoms with Crippen LogP contribution in [-0.4, -0.2) is 240 Å². The summed E-state index contributed by atoms with van der Waals surface area (Å²) in [4.78, 5) is 0. The summed E-state index contributed by atoms with van der Waals surface area (Å²) in [6.07, 6.45) is -23.2. The fourth-order valence-corrected chi connectivity index (χ4v) is 15.2. The van der Waals surface area contributed by atoms with Crippen LogP contribution in [0.3, 0.4) is 0 Å². The molecule has 10 rings (SSSR count). The van der Waals surface area contributed by atoms with Crippen molar-refractivity contribution in [3.8, 4) is 0 Å². The minimum absolute atomic E-state index is 0.0251. The van der Waals surface area contributed by atoms with Crippen LogP contribution in [0, 0.1) is 46.3 Å². The van der Waals surface area contributed by atoms with Gasteiger partial charge in [-0.25, -0.2) is 0 Å². The van der Waals surface area contributed by atoms with Crippen molar-refractivity contribution in [1.29, 1.82) is 0 Å². The summed E-state index contributed by atoms with van der Waals surface area (Å²) in [5, 5.41) is 141. The van der Waals surface area contributed by atoms with Gasteiger partial charge in [0.25, 0.3) is 0 Å². The standard InChI is InChI=1S/C49H78O23/c1-18-13-66-49(42(62)38(18)72-48(17-50)41(61)34(57)27(53)16-65-48)19(2)31-29(71-49)12-25-23-7-6-21-10-22(51)11-30(47(21,5)24(23)8-9-46(25,31)4)68-45-40(70-44-37(60)35(58)32(55)20(3)67-44)39(28(54)15-64-45)69-43-36(59)33(56)26(52)14-63-43/h6,18-20,22-45,50-62H,7-17H2,1-5H3/t18-,19-,20-,22+,23+,24-,25-,26+,27+,28-,29-,30+,31-,32-,33-,34+,35+,36+,37+,38-,39-,40+,41-,42-,43-,44-,45-,46-,47-,48-,49-/m0/s1. The number of ether oxygens (including phenoxy) is 10. The van der Waals surface area contributed by atoms with Crippen LogP contribution in [0.4, 0.5) is 0 Å². The summed E-state index contributed by atoms with van der Waals surface area (Å²) in [5.74, 6) is -4.25. The highest BCUT2D eigenvalue weighted by Crippen LogP contribution is 2.71. The molecule has 10 aliphatic rings. The third-order valence-corrected chi connectivity index (χ3v) is 19.4. The SMILES string of the molecule is C[C@@H]1O[C@@H](O[C@H]2[C@H](O[C@@H]3C[C@H](O)CC4=CC[C@H]5[C@@H]6C[C@@H]7O[C@@]8(OC[C@H](C)[C@H](O[C@]9(CO)OC[C@@H](O)[C@@H](O)[C@@H]9O)[C@@H]8O)[C@@H](C)[C@@H]7[C@@]6(C)CC[C@@H]5[C@]43C)OC[C@H](O)[C@@H]2O[C@@H]2OC[C@@H](O)[C@H](O)[C@H]2O)[C@H](O)[C@H](O)[C@H]1O. The molecule has 3 saturated carbocycles. The van der Waals surface area contributed by atoms with E-state index < -0.39 is 165 Å². The van der Waals surface area contributed by atoms with Crippen molar-refractivity contribution in [2.24, 2.45) is 46.3 Å². The monoisotopic (exact) mass is 1030 g/mol. The lowest BCUT2D eigenvalue weighted by Crippen LogP contribution is -2.69. The lowest BCUT2D eigenvalue weighted by molar-refractivity contribution is -0.403. The van der Waals surface area contributed by atoms with Crippen molar-refractivity contribution in [3.05, 3.63) is 11.6 Å².